The molecule has 0 saturated heterocycles. The summed E-state index contributed by atoms with van der Waals surface area (Å²) in [5.74, 6) is 3.90. The molecule has 136 valence electrons. The maximum absolute atomic E-state index is 11.8. The highest BCUT2D eigenvalue weighted by molar-refractivity contribution is 6.17. The lowest BCUT2D eigenvalue weighted by atomic mass is 9.70. The Kier molecular flexibility index (Phi) is 8.60. The first-order chi connectivity index (χ1) is 11.7. The zero-order valence-corrected chi connectivity index (χ0v) is 16.1. The van der Waals surface area contributed by atoms with E-state index >= 15 is 0 Å². The zero-order valence-electron chi connectivity index (χ0n) is 15.3. The van der Waals surface area contributed by atoms with Crippen LogP contribution in [0, 0.1) is 40.9 Å². The Morgan fingerprint density at radius 1 is 1.08 bits per heavy atom. The summed E-state index contributed by atoms with van der Waals surface area (Å²) < 4.78 is 0. The molecule has 2 aliphatic carbocycles. The molecule has 2 aliphatic rings. The minimum absolute atomic E-state index is 0.238. The molecular formula is C21H34ClNO. The minimum Gasteiger partial charge on any atom is -0.299 e. The molecule has 24 heavy (non-hydrogen) atoms. The number of halogens is 1. The molecule has 0 aromatic rings. The largest absolute Gasteiger partial charge is 0.299 e. The topological polar surface area (TPSA) is 40.9 Å². The first-order valence-electron chi connectivity index (χ1n) is 10.2. The van der Waals surface area contributed by atoms with Gasteiger partial charge in [0.05, 0.1) is 6.07 Å². The fourth-order valence-electron chi connectivity index (χ4n) is 4.96. The summed E-state index contributed by atoms with van der Waals surface area (Å²) in [6, 6.07) is 2.63. The van der Waals surface area contributed by atoms with Gasteiger partial charge in [0.2, 0.25) is 0 Å². The van der Waals surface area contributed by atoms with Crippen LogP contribution >= 0.6 is 11.6 Å². The summed E-state index contributed by atoms with van der Waals surface area (Å²) in [5, 5.41) is 9.67. The number of carbonyl (C=O) groups is 1. The van der Waals surface area contributed by atoms with Gasteiger partial charge in [-0.15, -0.1) is 11.6 Å². The predicted molar refractivity (Wildman–Crippen MR) is 99.9 cm³/mol. The standard InChI is InChI=1S/C21H34ClNO/c1-2-21(24)19-11-7-17(8-12-19)14-20(15-23)18-9-5-16(6-10-18)4-3-13-22/h16-20H,2-14H2,1H3. The van der Waals surface area contributed by atoms with Gasteiger partial charge >= 0.3 is 0 Å². The van der Waals surface area contributed by atoms with E-state index in [1.54, 1.807) is 0 Å². The fraction of sp³-hybridized carbons (Fsp3) is 0.905. The van der Waals surface area contributed by atoms with Gasteiger partial charge in [-0.05, 0) is 75.5 Å². The summed E-state index contributed by atoms with van der Waals surface area (Å²) in [4.78, 5) is 11.8. The summed E-state index contributed by atoms with van der Waals surface area (Å²) in [6.45, 7) is 1.98. The monoisotopic (exact) mass is 351 g/mol. The molecule has 1 unspecified atom stereocenters. The van der Waals surface area contributed by atoms with Crippen molar-refractivity contribution in [2.24, 2.45) is 29.6 Å². The van der Waals surface area contributed by atoms with E-state index in [1.807, 2.05) is 6.92 Å². The molecule has 0 amide bonds. The third-order valence-corrected chi connectivity index (χ3v) is 6.88. The van der Waals surface area contributed by atoms with Crippen LogP contribution in [0.5, 0.6) is 0 Å². The van der Waals surface area contributed by atoms with E-state index in [4.69, 9.17) is 11.6 Å². The van der Waals surface area contributed by atoms with E-state index in [0.717, 1.165) is 50.3 Å². The van der Waals surface area contributed by atoms with Crippen LogP contribution in [0.3, 0.4) is 0 Å². The van der Waals surface area contributed by atoms with E-state index in [9.17, 15) is 10.1 Å². The Morgan fingerprint density at radius 3 is 2.25 bits per heavy atom. The normalized spacial score (nSPS) is 32.0. The lowest BCUT2D eigenvalue weighted by Crippen LogP contribution is -2.26. The van der Waals surface area contributed by atoms with Crippen molar-refractivity contribution in [2.45, 2.75) is 84.0 Å². The van der Waals surface area contributed by atoms with Crippen molar-refractivity contribution >= 4 is 17.4 Å². The SMILES string of the molecule is CCC(=O)C1CCC(CC(C#N)C2CCC(CCCCl)CC2)CC1. The van der Waals surface area contributed by atoms with Gasteiger partial charge in [-0.25, -0.2) is 0 Å². The van der Waals surface area contributed by atoms with Crippen LogP contribution in [0.4, 0.5) is 0 Å². The Hall–Kier alpha value is -0.550. The van der Waals surface area contributed by atoms with E-state index in [1.165, 1.54) is 32.1 Å². The molecule has 2 nitrogen and oxygen atoms in total. The average molecular weight is 352 g/mol. The number of nitrogens with zero attached hydrogens (tertiary/aromatic N) is 1. The zero-order chi connectivity index (χ0) is 17.4. The van der Waals surface area contributed by atoms with E-state index in [0.29, 0.717) is 30.0 Å². The molecule has 0 N–H and O–H groups in total. The van der Waals surface area contributed by atoms with Crippen molar-refractivity contribution in [2.75, 3.05) is 5.88 Å². The minimum atomic E-state index is 0.238. The first-order valence-corrected chi connectivity index (χ1v) is 10.7. The maximum atomic E-state index is 11.8. The van der Waals surface area contributed by atoms with E-state index in [2.05, 4.69) is 6.07 Å². The Balaban J connectivity index is 1.73. The van der Waals surface area contributed by atoms with Crippen LogP contribution in [0.2, 0.25) is 0 Å². The van der Waals surface area contributed by atoms with Crippen molar-refractivity contribution < 1.29 is 4.79 Å². The second-order valence-corrected chi connectivity index (χ2v) is 8.50. The Labute approximate surface area is 153 Å². The van der Waals surface area contributed by atoms with Crippen LogP contribution in [0.15, 0.2) is 0 Å². The molecule has 0 aromatic heterocycles. The quantitative estimate of drug-likeness (QED) is 0.493. The molecule has 2 rings (SSSR count). The molecular weight excluding hydrogens is 318 g/mol. The van der Waals surface area contributed by atoms with Crippen molar-refractivity contribution in [1.29, 1.82) is 5.26 Å². The van der Waals surface area contributed by atoms with Gasteiger partial charge in [0.25, 0.3) is 0 Å². The summed E-state index contributed by atoms with van der Waals surface area (Å²) in [5.41, 5.74) is 0. The molecule has 0 aromatic carbocycles. The number of rotatable bonds is 8. The van der Waals surface area contributed by atoms with Crippen LogP contribution < -0.4 is 0 Å². The number of alkyl halides is 1. The van der Waals surface area contributed by atoms with Gasteiger partial charge in [-0.1, -0.05) is 19.8 Å². The number of nitriles is 1. The summed E-state index contributed by atoms with van der Waals surface area (Å²) >= 11 is 5.81. The van der Waals surface area contributed by atoms with Crippen molar-refractivity contribution in [3.05, 3.63) is 0 Å². The second-order valence-electron chi connectivity index (χ2n) is 8.12. The van der Waals surface area contributed by atoms with Gasteiger partial charge < -0.3 is 0 Å². The van der Waals surface area contributed by atoms with Gasteiger partial charge in [0, 0.05) is 24.1 Å². The molecule has 1 atom stereocenters. The fourth-order valence-corrected chi connectivity index (χ4v) is 5.12. The van der Waals surface area contributed by atoms with Crippen LogP contribution in [0.25, 0.3) is 0 Å². The van der Waals surface area contributed by atoms with Crippen LogP contribution in [-0.2, 0) is 4.79 Å². The van der Waals surface area contributed by atoms with Gasteiger partial charge in [0.15, 0.2) is 0 Å². The van der Waals surface area contributed by atoms with Crippen molar-refractivity contribution in [3.63, 3.8) is 0 Å². The Morgan fingerprint density at radius 2 is 1.71 bits per heavy atom. The molecule has 0 spiro atoms. The van der Waals surface area contributed by atoms with Crippen molar-refractivity contribution in [1.82, 2.24) is 0 Å². The van der Waals surface area contributed by atoms with Crippen LogP contribution in [0.1, 0.15) is 84.0 Å². The van der Waals surface area contributed by atoms with Crippen molar-refractivity contribution in [3.8, 4) is 6.07 Å². The third kappa shape index (κ3) is 5.76. The number of hydrogen-bond donors (Lipinski definition) is 0. The lowest BCUT2D eigenvalue weighted by Gasteiger charge is -2.34. The highest BCUT2D eigenvalue weighted by Crippen LogP contribution is 2.40. The number of carbonyl (C=O) groups excluding carboxylic acids is 1. The molecule has 0 heterocycles. The predicted octanol–water partition coefficient (Wildman–Crippen LogP) is 6.13. The highest BCUT2D eigenvalue weighted by atomic mass is 35.5. The highest BCUT2D eigenvalue weighted by Gasteiger charge is 2.31. The number of ketones is 1. The smallest absolute Gasteiger partial charge is 0.135 e. The average Bonchev–Trinajstić information content (AvgIpc) is 2.64. The molecule has 0 bridgehead atoms. The summed E-state index contributed by atoms with van der Waals surface area (Å²) in [7, 11) is 0. The van der Waals surface area contributed by atoms with Gasteiger partial charge in [0.1, 0.15) is 5.78 Å². The number of hydrogen-bond acceptors (Lipinski definition) is 2. The van der Waals surface area contributed by atoms with Gasteiger partial charge in [-0.3, -0.25) is 4.79 Å². The van der Waals surface area contributed by atoms with E-state index < -0.39 is 0 Å². The van der Waals surface area contributed by atoms with E-state index in [-0.39, 0.29) is 5.92 Å². The number of Topliss-reactive ketones (excluding diaryl/α,β-unsaturated/α-hetero) is 1. The second kappa shape index (κ2) is 10.4. The molecule has 0 aliphatic heterocycles. The summed E-state index contributed by atoms with van der Waals surface area (Å²) in [6.07, 6.45) is 13.6. The lowest BCUT2D eigenvalue weighted by molar-refractivity contribution is -0.123. The molecule has 2 fully saturated rings. The molecule has 0 radical (unpaired) electrons. The first kappa shape index (κ1) is 19.8. The maximum Gasteiger partial charge on any atom is 0.135 e. The molecule has 2 saturated carbocycles. The molecule has 3 heteroatoms. The third-order valence-electron chi connectivity index (χ3n) is 6.61. The van der Waals surface area contributed by atoms with Gasteiger partial charge in [-0.2, -0.15) is 5.26 Å². The Bertz CT molecular complexity index is 414. The van der Waals surface area contributed by atoms with Crippen LogP contribution in [-0.4, -0.2) is 11.7 Å².